The molecule has 1 atom stereocenters. The second-order valence-electron chi connectivity index (χ2n) is 5.51. The Bertz CT molecular complexity index is 826. The number of rotatable bonds is 4. The molecule has 2 aromatic rings. The van der Waals surface area contributed by atoms with Gasteiger partial charge in [-0.1, -0.05) is 36.4 Å². The number of benzene rings is 2. The van der Waals surface area contributed by atoms with Crippen LogP contribution in [0.5, 0.6) is 5.75 Å². The summed E-state index contributed by atoms with van der Waals surface area (Å²) in [6, 6.07) is 15.5. The Kier molecular flexibility index (Phi) is 4.08. The van der Waals surface area contributed by atoms with E-state index in [9.17, 15) is 14.7 Å². The maximum Gasteiger partial charge on any atom is 0.294 e. The molecule has 122 valence electrons. The molecule has 0 radical (unpaired) electrons. The average Bonchev–Trinajstić information content (AvgIpc) is 2.87. The fraction of sp³-hybridized carbons (Fsp3) is 0.158. The number of amides is 1. The number of ether oxygens (including phenoxy) is 1. The summed E-state index contributed by atoms with van der Waals surface area (Å²) >= 11 is 0. The van der Waals surface area contributed by atoms with Gasteiger partial charge >= 0.3 is 0 Å². The minimum absolute atomic E-state index is 0.106. The second-order valence-corrected chi connectivity index (χ2v) is 5.51. The van der Waals surface area contributed by atoms with Crippen LogP contribution < -0.4 is 9.64 Å². The zero-order valence-electron chi connectivity index (χ0n) is 13.4. The number of methoxy groups -OCH3 is 1. The highest BCUT2D eigenvalue weighted by molar-refractivity contribution is 6.16. The van der Waals surface area contributed by atoms with Crippen molar-refractivity contribution in [1.29, 1.82) is 0 Å². The van der Waals surface area contributed by atoms with E-state index in [-0.39, 0.29) is 11.4 Å². The molecule has 0 fully saturated rings. The lowest BCUT2D eigenvalue weighted by molar-refractivity contribution is -0.117. The molecule has 24 heavy (non-hydrogen) atoms. The third kappa shape index (κ3) is 2.54. The van der Waals surface area contributed by atoms with Gasteiger partial charge in [-0.3, -0.25) is 14.5 Å². The first-order valence-electron chi connectivity index (χ1n) is 7.51. The summed E-state index contributed by atoms with van der Waals surface area (Å²) in [6.07, 6.45) is 0. The highest BCUT2D eigenvalue weighted by atomic mass is 16.5. The van der Waals surface area contributed by atoms with Gasteiger partial charge in [-0.2, -0.15) is 0 Å². The third-order valence-electron chi connectivity index (χ3n) is 4.03. The molecule has 1 amide bonds. The SMILES string of the molecule is COc1cccc(N2C(=O)C(O)=C(C(C)=O)C2c2ccccc2)c1. The molecule has 1 unspecified atom stereocenters. The van der Waals surface area contributed by atoms with Crippen LogP contribution in [-0.2, 0) is 9.59 Å². The smallest absolute Gasteiger partial charge is 0.294 e. The van der Waals surface area contributed by atoms with Crippen molar-refractivity contribution in [1.82, 2.24) is 0 Å². The van der Waals surface area contributed by atoms with E-state index in [0.29, 0.717) is 11.4 Å². The Morgan fingerprint density at radius 1 is 1.12 bits per heavy atom. The van der Waals surface area contributed by atoms with E-state index < -0.39 is 17.7 Å². The van der Waals surface area contributed by atoms with Gasteiger partial charge in [0.25, 0.3) is 5.91 Å². The number of hydrogen-bond acceptors (Lipinski definition) is 4. The molecule has 1 N–H and O–H groups in total. The first-order chi connectivity index (χ1) is 11.5. The number of hydrogen-bond donors (Lipinski definition) is 1. The van der Waals surface area contributed by atoms with Crippen molar-refractivity contribution in [2.45, 2.75) is 13.0 Å². The molecule has 1 heterocycles. The molecule has 3 rings (SSSR count). The Morgan fingerprint density at radius 3 is 2.46 bits per heavy atom. The predicted molar refractivity (Wildman–Crippen MR) is 90.0 cm³/mol. The average molecular weight is 323 g/mol. The lowest BCUT2D eigenvalue weighted by Gasteiger charge is -2.27. The highest BCUT2D eigenvalue weighted by Crippen LogP contribution is 2.41. The molecular weight excluding hydrogens is 306 g/mol. The maximum absolute atomic E-state index is 12.6. The molecule has 1 aliphatic rings. The summed E-state index contributed by atoms with van der Waals surface area (Å²) in [4.78, 5) is 26.1. The number of aliphatic hydroxyl groups excluding tert-OH is 1. The van der Waals surface area contributed by atoms with Crippen LogP contribution in [-0.4, -0.2) is 23.9 Å². The zero-order valence-corrected chi connectivity index (χ0v) is 13.4. The lowest BCUT2D eigenvalue weighted by atomic mass is 9.96. The van der Waals surface area contributed by atoms with Crippen LogP contribution >= 0.6 is 0 Å². The van der Waals surface area contributed by atoms with Gasteiger partial charge in [0.1, 0.15) is 5.75 Å². The van der Waals surface area contributed by atoms with E-state index >= 15 is 0 Å². The van der Waals surface area contributed by atoms with Crippen molar-refractivity contribution in [3.63, 3.8) is 0 Å². The molecule has 0 bridgehead atoms. The van der Waals surface area contributed by atoms with E-state index in [4.69, 9.17) is 4.74 Å². The van der Waals surface area contributed by atoms with Crippen LogP contribution in [0.15, 0.2) is 65.9 Å². The third-order valence-corrected chi connectivity index (χ3v) is 4.03. The number of Topliss-reactive ketones (excluding diaryl/α,β-unsaturated/α-hetero) is 1. The van der Waals surface area contributed by atoms with Crippen molar-refractivity contribution in [3.05, 3.63) is 71.5 Å². The maximum atomic E-state index is 12.6. The van der Waals surface area contributed by atoms with Crippen LogP contribution in [0, 0.1) is 0 Å². The number of anilines is 1. The van der Waals surface area contributed by atoms with Gasteiger partial charge in [-0.25, -0.2) is 0 Å². The summed E-state index contributed by atoms with van der Waals surface area (Å²) in [5.41, 5.74) is 1.41. The van der Waals surface area contributed by atoms with Gasteiger partial charge in [-0.15, -0.1) is 0 Å². The molecule has 0 spiro atoms. The molecular formula is C19H17NO4. The van der Waals surface area contributed by atoms with Gasteiger partial charge < -0.3 is 9.84 Å². The van der Waals surface area contributed by atoms with Gasteiger partial charge in [0, 0.05) is 11.8 Å². The Labute approximate surface area is 139 Å². The zero-order chi connectivity index (χ0) is 17.3. The molecule has 5 nitrogen and oxygen atoms in total. The lowest BCUT2D eigenvalue weighted by Crippen LogP contribution is -2.30. The summed E-state index contributed by atoms with van der Waals surface area (Å²) in [5, 5.41) is 10.3. The van der Waals surface area contributed by atoms with E-state index in [1.165, 1.54) is 18.9 Å². The topological polar surface area (TPSA) is 66.8 Å². The number of aliphatic hydroxyl groups is 1. The van der Waals surface area contributed by atoms with E-state index in [0.717, 1.165) is 5.56 Å². The number of carbonyl (C=O) groups is 2. The standard InChI is InChI=1S/C19H17NO4/c1-12(21)16-17(13-7-4-3-5-8-13)20(19(23)18(16)22)14-9-6-10-15(11-14)24-2/h3-11,17,22H,1-2H3. The van der Waals surface area contributed by atoms with E-state index in [1.54, 1.807) is 24.3 Å². The molecule has 1 aliphatic heterocycles. The van der Waals surface area contributed by atoms with Crippen molar-refractivity contribution in [2.75, 3.05) is 12.0 Å². The summed E-state index contributed by atoms with van der Waals surface area (Å²) in [6.45, 7) is 1.35. The van der Waals surface area contributed by atoms with Crippen molar-refractivity contribution in [2.24, 2.45) is 0 Å². The number of carbonyl (C=O) groups excluding carboxylic acids is 2. The fourth-order valence-corrected chi connectivity index (χ4v) is 2.94. The van der Waals surface area contributed by atoms with Crippen LogP contribution in [0.1, 0.15) is 18.5 Å². The molecule has 0 aromatic heterocycles. The quantitative estimate of drug-likeness (QED) is 0.938. The summed E-state index contributed by atoms with van der Waals surface area (Å²) < 4.78 is 5.21. The van der Waals surface area contributed by atoms with Crippen LogP contribution in [0.3, 0.4) is 0 Å². The molecule has 0 saturated carbocycles. The molecule has 0 saturated heterocycles. The largest absolute Gasteiger partial charge is 0.503 e. The minimum atomic E-state index is -0.664. The minimum Gasteiger partial charge on any atom is -0.503 e. The Morgan fingerprint density at radius 2 is 1.83 bits per heavy atom. The molecule has 2 aromatic carbocycles. The van der Waals surface area contributed by atoms with Crippen molar-refractivity contribution >= 4 is 17.4 Å². The van der Waals surface area contributed by atoms with Gasteiger partial charge in [0.05, 0.1) is 18.7 Å². The van der Waals surface area contributed by atoms with Gasteiger partial charge in [0.15, 0.2) is 11.5 Å². The normalized spacial score (nSPS) is 17.3. The van der Waals surface area contributed by atoms with Gasteiger partial charge in [-0.05, 0) is 24.6 Å². The van der Waals surface area contributed by atoms with Crippen molar-refractivity contribution in [3.8, 4) is 5.75 Å². The Balaban J connectivity index is 2.17. The first kappa shape index (κ1) is 15.8. The molecule has 5 heteroatoms. The number of ketones is 1. The Hall–Kier alpha value is -3.08. The predicted octanol–water partition coefficient (Wildman–Crippen LogP) is 3.18. The second kappa shape index (κ2) is 6.20. The van der Waals surface area contributed by atoms with E-state index in [1.807, 2.05) is 30.3 Å². The fourth-order valence-electron chi connectivity index (χ4n) is 2.94. The van der Waals surface area contributed by atoms with Crippen LogP contribution in [0.4, 0.5) is 5.69 Å². The van der Waals surface area contributed by atoms with Crippen LogP contribution in [0.25, 0.3) is 0 Å². The summed E-state index contributed by atoms with van der Waals surface area (Å²) in [7, 11) is 1.54. The van der Waals surface area contributed by atoms with Crippen LogP contribution in [0.2, 0.25) is 0 Å². The first-order valence-corrected chi connectivity index (χ1v) is 7.51. The van der Waals surface area contributed by atoms with Crippen molar-refractivity contribution < 1.29 is 19.4 Å². The molecule has 0 aliphatic carbocycles. The van der Waals surface area contributed by atoms with Gasteiger partial charge in [0.2, 0.25) is 0 Å². The monoisotopic (exact) mass is 323 g/mol. The summed E-state index contributed by atoms with van der Waals surface area (Å²) in [5.74, 6) is -0.843. The van der Waals surface area contributed by atoms with E-state index in [2.05, 4.69) is 0 Å². The highest BCUT2D eigenvalue weighted by Gasteiger charge is 2.43. The number of nitrogens with zero attached hydrogens (tertiary/aromatic N) is 1.